The van der Waals surface area contributed by atoms with E-state index in [-0.39, 0.29) is 45.2 Å². The Labute approximate surface area is 291 Å². The van der Waals surface area contributed by atoms with Crippen molar-refractivity contribution >= 4 is 17.9 Å². The number of carbonyl (C=O) groups is 3. The molecule has 4 aromatic carbocycles. The Kier molecular flexibility index (Phi) is 13.6. The molecule has 1 heterocycles. The Morgan fingerprint density at radius 2 is 1.36 bits per heavy atom. The zero-order chi connectivity index (χ0) is 34.8. The van der Waals surface area contributed by atoms with Crippen LogP contribution in [0.3, 0.4) is 0 Å². The van der Waals surface area contributed by atoms with Crippen molar-refractivity contribution in [3.63, 3.8) is 0 Å². The number of nitrogens with one attached hydrogen (secondary N) is 3. The minimum atomic E-state index is -1.05. The minimum Gasteiger partial charge on any atom is -0.489 e. The molecular weight excluding hydrogens is 634 g/mol. The number of rotatable bonds is 18. The van der Waals surface area contributed by atoms with Crippen molar-refractivity contribution in [3.8, 4) is 5.75 Å². The molecule has 258 valence electrons. The summed E-state index contributed by atoms with van der Waals surface area (Å²) in [5, 5.41) is 5.59. The summed E-state index contributed by atoms with van der Waals surface area (Å²) in [6, 6.07) is 35.2. The average Bonchev–Trinajstić information content (AvgIpc) is 3.68. The molecule has 3 N–H and O–H groups in total. The first kappa shape index (κ1) is 35.4. The fourth-order valence-corrected chi connectivity index (χ4v) is 5.02. The van der Waals surface area contributed by atoms with Gasteiger partial charge in [-0.05, 0) is 34.4 Å². The maximum atomic E-state index is 14.0. The summed E-state index contributed by atoms with van der Waals surface area (Å²) in [7, 11) is 0. The largest absolute Gasteiger partial charge is 0.489 e. The van der Waals surface area contributed by atoms with Crippen LogP contribution < -0.4 is 15.4 Å². The van der Waals surface area contributed by atoms with Gasteiger partial charge in [-0.2, -0.15) is 0 Å². The maximum Gasteiger partial charge on any atom is 0.408 e. The lowest BCUT2D eigenvalue weighted by Crippen LogP contribution is -2.52. The van der Waals surface area contributed by atoms with E-state index in [4.69, 9.17) is 14.2 Å². The van der Waals surface area contributed by atoms with Gasteiger partial charge in [0.2, 0.25) is 11.8 Å². The highest BCUT2D eigenvalue weighted by molar-refractivity contribution is 5.89. The molecule has 0 aliphatic rings. The summed E-state index contributed by atoms with van der Waals surface area (Å²) >= 11 is 0. The molecule has 5 aromatic rings. The highest BCUT2D eigenvalue weighted by atomic mass is 16.5. The highest BCUT2D eigenvalue weighted by Crippen LogP contribution is 2.14. The Hall–Kier alpha value is -5.94. The first-order chi connectivity index (χ1) is 24.5. The van der Waals surface area contributed by atoms with Crippen molar-refractivity contribution in [1.82, 2.24) is 25.5 Å². The van der Waals surface area contributed by atoms with Crippen molar-refractivity contribution in [2.24, 2.45) is 0 Å². The summed E-state index contributed by atoms with van der Waals surface area (Å²) < 4.78 is 17.1. The van der Waals surface area contributed by atoms with E-state index in [1.807, 2.05) is 115 Å². The van der Waals surface area contributed by atoms with Crippen LogP contribution in [0.1, 0.15) is 27.9 Å². The first-order valence-electron chi connectivity index (χ1n) is 16.4. The van der Waals surface area contributed by atoms with E-state index in [1.54, 1.807) is 6.20 Å². The Morgan fingerprint density at radius 1 is 0.740 bits per heavy atom. The number of nitrogens with zero attached hydrogens (tertiary/aromatic N) is 2. The quantitative estimate of drug-likeness (QED) is 0.109. The minimum absolute atomic E-state index is 0.0373. The zero-order valence-corrected chi connectivity index (χ0v) is 27.7. The molecular formula is C39H41N5O6. The first-order valence-corrected chi connectivity index (χ1v) is 16.4. The Morgan fingerprint density at radius 3 is 1.98 bits per heavy atom. The summed E-state index contributed by atoms with van der Waals surface area (Å²) in [6.45, 7) is 1.14. The predicted octanol–water partition coefficient (Wildman–Crippen LogP) is 5.19. The van der Waals surface area contributed by atoms with Gasteiger partial charge in [0.05, 0.1) is 31.8 Å². The van der Waals surface area contributed by atoms with Crippen molar-refractivity contribution in [3.05, 3.63) is 156 Å². The van der Waals surface area contributed by atoms with Crippen molar-refractivity contribution in [2.45, 2.75) is 38.8 Å². The average molecular weight is 676 g/mol. The molecule has 0 radical (unpaired) electrons. The molecule has 0 aliphatic heterocycles. The normalized spacial score (nSPS) is 11.3. The lowest BCUT2D eigenvalue weighted by atomic mass is 10.1. The number of benzene rings is 4. The number of amides is 3. The second-order valence-corrected chi connectivity index (χ2v) is 11.5. The van der Waals surface area contributed by atoms with Gasteiger partial charge in [0.1, 0.15) is 25.0 Å². The van der Waals surface area contributed by atoms with Crippen LogP contribution in [-0.2, 0) is 51.8 Å². The maximum absolute atomic E-state index is 14.0. The van der Waals surface area contributed by atoms with Gasteiger partial charge in [-0.25, -0.2) is 9.78 Å². The number of hydrogen-bond acceptors (Lipinski definition) is 7. The molecule has 0 bridgehead atoms. The van der Waals surface area contributed by atoms with Crippen LogP contribution in [0.5, 0.6) is 5.75 Å². The van der Waals surface area contributed by atoms with E-state index in [2.05, 4.69) is 20.6 Å². The molecule has 0 spiro atoms. The van der Waals surface area contributed by atoms with Gasteiger partial charge in [-0.15, -0.1) is 0 Å². The van der Waals surface area contributed by atoms with E-state index >= 15 is 0 Å². The van der Waals surface area contributed by atoms with Gasteiger partial charge in [0, 0.05) is 25.7 Å². The third-order valence-corrected chi connectivity index (χ3v) is 7.70. The smallest absolute Gasteiger partial charge is 0.408 e. The summed E-state index contributed by atoms with van der Waals surface area (Å²) in [5.41, 5.74) is 4.29. The Bertz CT molecular complexity index is 1740. The van der Waals surface area contributed by atoms with E-state index in [0.29, 0.717) is 24.7 Å². The highest BCUT2D eigenvalue weighted by Gasteiger charge is 2.29. The molecule has 5 rings (SSSR count). The molecule has 0 saturated carbocycles. The fourth-order valence-electron chi connectivity index (χ4n) is 5.02. The third-order valence-electron chi connectivity index (χ3n) is 7.70. The van der Waals surface area contributed by atoms with Crippen LogP contribution in [0.2, 0.25) is 0 Å². The van der Waals surface area contributed by atoms with E-state index in [1.165, 1.54) is 11.2 Å². The van der Waals surface area contributed by atoms with E-state index in [0.717, 1.165) is 22.3 Å². The monoisotopic (exact) mass is 675 g/mol. The van der Waals surface area contributed by atoms with Crippen LogP contribution in [-0.4, -0.2) is 58.5 Å². The third kappa shape index (κ3) is 11.9. The second kappa shape index (κ2) is 19.2. The standard InChI is InChI=1S/C39H41N5O6/c45-37(41-23-30-16-18-35(19-17-30)49-27-32-12-6-2-7-13-32)25-44(20-21-48-26-31-10-4-1-5-11-31)38(46)36(22-34-24-40-29-42-34)43-39(47)50-28-33-14-8-3-9-15-33/h1-19,24,29,36H,20-23,25-28H2,(H,40,42)(H,41,45)(H,43,47)/t36-/m0/s1. The van der Waals surface area contributed by atoms with Gasteiger partial charge in [-0.1, -0.05) is 103 Å². The number of aromatic amines is 1. The van der Waals surface area contributed by atoms with Crippen molar-refractivity contribution in [1.29, 1.82) is 0 Å². The van der Waals surface area contributed by atoms with Crippen LogP contribution in [0, 0.1) is 0 Å². The van der Waals surface area contributed by atoms with Gasteiger partial charge in [0.25, 0.3) is 0 Å². The topological polar surface area (TPSA) is 135 Å². The van der Waals surface area contributed by atoms with Gasteiger partial charge in [-0.3, -0.25) is 9.59 Å². The number of imidazole rings is 1. The van der Waals surface area contributed by atoms with Crippen LogP contribution in [0.15, 0.2) is 128 Å². The molecule has 0 aliphatic carbocycles. The molecule has 11 nitrogen and oxygen atoms in total. The van der Waals surface area contributed by atoms with Gasteiger partial charge in [0.15, 0.2) is 0 Å². The lowest BCUT2D eigenvalue weighted by Gasteiger charge is -2.27. The fraction of sp³-hybridized carbons (Fsp3) is 0.231. The lowest BCUT2D eigenvalue weighted by molar-refractivity contribution is -0.138. The number of carbonyl (C=O) groups excluding carboxylic acids is 3. The number of alkyl carbamates (subject to hydrolysis) is 1. The van der Waals surface area contributed by atoms with Crippen LogP contribution in [0.25, 0.3) is 0 Å². The molecule has 11 heteroatoms. The Balaban J connectivity index is 1.20. The molecule has 0 saturated heterocycles. The molecule has 0 fully saturated rings. The van der Waals surface area contributed by atoms with E-state index < -0.39 is 18.0 Å². The zero-order valence-electron chi connectivity index (χ0n) is 27.7. The number of hydrogen-bond donors (Lipinski definition) is 3. The summed E-state index contributed by atoms with van der Waals surface area (Å²) in [6.07, 6.45) is 2.47. The molecule has 3 amide bonds. The molecule has 50 heavy (non-hydrogen) atoms. The van der Waals surface area contributed by atoms with Crippen molar-refractivity contribution < 1.29 is 28.6 Å². The van der Waals surface area contributed by atoms with Crippen LogP contribution in [0.4, 0.5) is 4.79 Å². The van der Waals surface area contributed by atoms with Crippen LogP contribution >= 0.6 is 0 Å². The van der Waals surface area contributed by atoms with Gasteiger partial charge < -0.3 is 34.7 Å². The van der Waals surface area contributed by atoms with E-state index in [9.17, 15) is 14.4 Å². The molecule has 1 aromatic heterocycles. The number of H-pyrrole nitrogens is 1. The van der Waals surface area contributed by atoms with Crippen molar-refractivity contribution in [2.75, 3.05) is 19.7 Å². The van der Waals surface area contributed by atoms with Gasteiger partial charge >= 0.3 is 6.09 Å². The predicted molar refractivity (Wildman–Crippen MR) is 188 cm³/mol. The SMILES string of the molecule is O=C(CN(CCOCc1ccccc1)C(=O)[C@H](Cc1c[nH]cn1)NC(=O)OCc1ccccc1)NCc1ccc(OCc2ccccc2)cc1. The summed E-state index contributed by atoms with van der Waals surface area (Å²) in [5.74, 6) is -0.118. The number of aromatic nitrogens is 2. The molecule has 1 atom stereocenters. The summed E-state index contributed by atoms with van der Waals surface area (Å²) in [4.78, 5) is 48.6. The second-order valence-electron chi connectivity index (χ2n) is 11.5. The number of ether oxygens (including phenoxy) is 3. The molecule has 0 unspecified atom stereocenters.